The molecule has 0 aliphatic rings. The molecule has 0 bridgehead atoms. The van der Waals surface area contributed by atoms with Gasteiger partial charge in [0.25, 0.3) is 0 Å². The van der Waals surface area contributed by atoms with Crippen molar-refractivity contribution in [2.75, 3.05) is 0 Å². The van der Waals surface area contributed by atoms with E-state index < -0.39 is 0 Å². The van der Waals surface area contributed by atoms with E-state index in [0.717, 1.165) is 0 Å². The van der Waals surface area contributed by atoms with E-state index in [2.05, 4.69) is 68.3 Å². The molecular formula is C12H18IN. The summed E-state index contributed by atoms with van der Waals surface area (Å²) in [5, 5.41) is 0. The Morgan fingerprint density at radius 2 is 1.71 bits per heavy atom. The summed E-state index contributed by atoms with van der Waals surface area (Å²) in [6, 6.07) is 4.20. The molecule has 1 aromatic rings. The number of halogens is 1. The number of hydrogen-bond acceptors (Lipinski definition) is 1. The van der Waals surface area contributed by atoms with Crippen molar-refractivity contribution in [1.82, 2.24) is 4.98 Å². The topological polar surface area (TPSA) is 12.9 Å². The zero-order valence-electron chi connectivity index (χ0n) is 9.56. The van der Waals surface area contributed by atoms with E-state index in [1.54, 1.807) is 0 Å². The molecule has 0 spiro atoms. The largest absolute Gasteiger partial charge is 0.260 e. The summed E-state index contributed by atoms with van der Waals surface area (Å²) < 4.78 is 0.0988. The third-order valence-electron chi connectivity index (χ3n) is 2.18. The molecular weight excluding hydrogens is 285 g/mol. The van der Waals surface area contributed by atoms with E-state index in [1.165, 1.54) is 11.3 Å². The van der Waals surface area contributed by atoms with Gasteiger partial charge >= 0.3 is 0 Å². The Labute approximate surface area is 100 Å². The Balaban J connectivity index is 3.31. The molecule has 0 N–H and O–H groups in total. The third kappa shape index (κ3) is 2.69. The highest BCUT2D eigenvalue weighted by Gasteiger charge is 2.26. The van der Waals surface area contributed by atoms with Crippen molar-refractivity contribution in [3.63, 3.8) is 0 Å². The van der Waals surface area contributed by atoms with Gasteiger partial charge in [0.2, 0.25) is 0 Å². The maximum absolute atomic E-state index is 4.51. The molecule has 0 fully saturated rings. The van der Waals surface area contributed by atoms with Crippen LogP contribution in [0.15, 0.2) is 18.3 Å². The number of hydrogen-bond donors (Lipinski definition) is 0. The van der Waals surface area contributed by atoms with E-state index >= 15 is 0 Å². The standard InChI is InChI=1S/C12H18IN/c1-11(2,3)9-7-6-8-14-10(9)12(4,5)13/h6-8H,1-5H3. The number of aromatic nitrogens is 1. The molecule has 0 saturated heterocycles. The van der Waals surface area contributed by atoms with Gasteiger partial charge in [0.1, 0.15) is 0 Å². The van der Waals surface area contributed by atoms with Crippen LogP contribution < -0.4 is 0 Å². The zero-order valence-corrected chi connectivity index (χ0v) is 11.7. The van der Waals surface area contributed by atoms with Crippen molar-refractivity contribution in [2.24, 2.45) is 0 Å². The lowest BCUT2D eigenvalue weighted by Crippen LogP contribution is -2.21. The Bertz CT molecular complexity index is 285. The van der Waals surface area contributed by atoms with Gasteiger partial charge in [0.05, 0.1) is 9.12 Å². The lowest BCUT2D eigenvalue weighted by atomic mass is 9.83. The highest BCUT2D eigenvalue weighted by molar-refractivity contribution is 14.1. The van der Waals surface area contributed by atoms with E-state index in [-0.39, 0.29) is 8.84 Å². The first-order valence-corrected chi connectivity index (χ1v) is 5.95. The Morgan fingerprint density at radius 1 is 1.14 bits per heavy atom. The second-order valence-corrected chi connectivity index (χ2v) is 7.82. The monoisotopic (exact) mass is 303 g/mol. The van der Waals surface area contributed by atoms with Crippen molar-refractivity contribution in [1.29, 1.82) is 0 Å². The molecule has 1 nitrogen and oxygen atoms in total. The Hall–Kier alpha value is -0.120. The Kier molecular flexibility index (Phi) is 3.24. The number of rotatable bonds is 1. The molecule has 0 amide bonds. The van der Waals surface area contributed by atoms with Crippen LogP contribution in [-0.4, -0.2) is 4.98 Å². The summed E-state index contributed by atoms with van der Waals surface area (Å²) in [5.41, 5.74) is 2.72. The second kappa shape index (κ2) is 3.80. The fourth-order valence-electron chi connectivity index (χ4n) is 1.48. The average molecular weight is 303 g/mol. The molecule has 0 unspecified atom stereocenters. The van der Waals surface area contributed by atoms with Gasteiger partial charge < -0.3 is 0 Å². The maximum atomic E-state index is 4.51. The van der Waals surface area contributed by atoms with E-state index in [9.17, 15) is 0 Å². The molecule has 1 aromatic heterocycles. The number of nitrogens with zero attached hydrogens (tertiary/aromatic N) is 1. The minimum Gasteiger partial charge on any atom is -0.260 e. The summed E-state index contributed by atoms with van der Waals surface area (Å²) in [4.78, 5) is 4.51. The molecule has 1 rings (SSSR count). The maximum Gasteiger partial charge on any atom is 0.0594 e. The molecule has 0 aromatic carbocycles. The van der Waals surface area contributed by atoms with E-state index in [4.69, 9.17) is 0 Å². The third-order valence-corrected chi connectivity index (χ3v) is 2.69. The molecule has 0 radical (unpaired) electrons. The molecule has 0 aliphatic carbocycles. The molecule has 2 heteroatoms. The fourth-order valence-corrected chi connectivity index (χ4v) is 1.91. The van der Waals surface area contributed by atoms with Crippen molar-refractivity contribution < 1.29 is 0 Å². The summed E-state index contributed by atoms with van der Waals surface area (Å²) >= 11 is 2.45. The predicted octanol–water partition coefficient (Wildman–Crippen LogP) is 4.05. The zero-order chi connectivity index (χ0) is 11.0. The number of pyridine rings is 1. The van der Waals surface area contributed by atoms with Crippen molar-refractivity contribution >= 4 is 22.6 Å². The van der Waals surface area contributed by atoms with E-state index in [1.807, 2.05) is 12.3 Å². The van der Waals surface area contributed by atoms with Crippen LogP contribution in [-0.2, 0) is 8.84 Å². The fraction of sp³-hybridized carbons (Fsp3) is 0.583. The first-order chi connectivity index (χ1) is 6.23. The van der Waals surface area contributed by atoms with Crippen LogP contribution >= 0.6 is 22.6 Å². The molecule has 14 heavy (non-hydrogen) atoms. The molecule has 0 saturated carbocycles. The first-order valence-electron chi connectivity index (χ1n) is 4.88. The van der Waals surface area contributed by atoms with Gasteiger partial charge in [-0.15, -0.1) is 0 Å². The molecule has 0 aliphatic heterocycles. The average Bonchev–Trinajstić information content (AvgIpc) is 2.01. The van der Waals surface area contributed by atoms with Crippen LogP contribution in [0.2, 0.25) is 0 Å². The summed E-state index contributed by atoms with van der Waals surface area (Å²) in [5.74, 6) is 0. The summed E-state index contributed by atoms with van der Waals surface area (Å²) in [7, 11) is 0. The minimum absolute atomic E-state index is 0.0988. The SMILES string of the molecule is CC(C)(C)c1cccnc1C(C)(C)I. The highest BCUT2D eigenvalue weighted by Crippen LogP contribution is 2.36. The predicted molar refractivity (Wildman–Crippen MR) is 70.0 cm³/mol. The lowest BCUT2D eigenvalue weighted by molar-refractivity contribution is 0.567. The van der Waals surface area contributed by atoms with Gasteiger partial charge in [0, 0.05) is 6.20 Å². The molecule has 78 valence electrons. The van der Waals surface area contributed by atoms with Crippen molar-refractivity contribution in [3.8, 4) is 0 Å². The van der Waals surface area contributed by atoms with Gasteiger partial charge in [-0.2, -0.15) is 0 Å². The van der Waals surface area contributed by atoms with Crippen molar-refractivity contribution in [2.45, 2.75) is 43.5 Å². The normalized spacial score (nSPS) is 13.0. The van der Waals surface area contributed by atoms with Gasteiger partial charge in [-0.25, -0.2) is 0 Å². The van der Waals surface area contributed by atoms with Gasteiger partial charge in [-0.3, -0.25) is 4.98 Å². The van der Waals surface area contributed by atoms with Gasteiger partial charge in [-0.1, -0.05) is 49.4 Å². The molecule has 1 heterocycles. The first kappa shape index (κ1) is 12.0. The summed E-state index contributed by atoms with van der Waals surface area (Å²) in [6.45, 7) is 11.1. The van der Waals surface area contributed by atoms with Crippen LogP contribution in [0.3, 0.4) is 0 Å². The Morgan fingerprint density at radius 3 is 2.07 bits per heavy atom. The quantitative estimate of drug-likeness (QED) is 0.563. The lowest BCUT2D eigenvalue weighted by Gasteiger charge is -2.27. The second-order valence-electron chi connectivity index (χ2n) is 5.12. The minimum atomic E-state index is 0.0988. The van der Waals surface area contributed by atoms with Gasteiger partial charge in [0.15, 0.2) is 0 Å². The van der Waals surface area contributed by atoms with Crippen molar-refractivity contribution in [3.05, 3.63) is 29.6 Å². The smallest absolute Gasteiger partial charge is 0.0594 e. The van der Waals surface area contributed by atoms with Crippen LogP contribution in [0.5, 0.6) is 0 Å². The van der Waals surface area contributed by atoms with Crippen LogP contribution in [0.25, 0.3) is 0 Å². The summed E-state index contributed by atoms with van der Waals surface area (Å²) in [6.07, 6.45) is 1.88. The highest BCUT2D eigenvalue weighted by atomic mass is 127. The number of alkyl halides is 1. The molecule has 0 atom stereocenters. The van der Waals surface area contributed by atoms with Crippen LogP contribution in [0.4, 0.5) is 0 Å². The van der Waals surface area contributed by atoms with Crippen LogP contribution in [0, 0.1) is 0 Å². The van der Waals surface area contributed by atoms with Gasteiger partial charge in [-0.05, 0) is 30.9 Å². The van der Waals surface area contributed by atoms with E-state index in [0.29, 0.717) is 0 Å². The van der Waals surface area contributed by atoms with Crippen LogP contribution in [0.1, 0.15) is 45.9 Å².